The molecule has 148 valence electrons. The van der Waals surface area contributed by atoms with E-state index in [2.05, 4.69) is 52.8 Å². The maximum absolute atomic E-state index is 10.5. The van der Waals surface area contributed by atoms with Crippen molar-refractivity contribution in [2.45, 2.75) is 45.7 Å². The second-order valence-electron chi connectivity index (χ2n) is 8.54. The van der Waals surface area contributed by atoms with Crippen LogP contribution in [-0.2, 0) is 0 Å². The van der Waals surface area contributed by atoms with Crippen LogP contribution in [0.15, 0.2) is 28.8 Å². The molecular formula is C21H27N5O2. The van der Waals surface area contributed by atoms with Gasteiger partial charge in [0.1, 0.15) is 11.3 Å². The normalized spacial score (nSPS) is 17.8. The van der Waals surface area contributed by atoms with Gasteiger partial charge in [-0.1, -0.05) is 0 Å². The third-order valence-corrected chi connectivity index (χ3v) is 5.66. The Morgan fingerprint density at radius 2 is 2.04 bits per heavy atom. The molecule has 1 aliphatic heterocycles. The Kier molecular flexibility index (Phi) is 4.50. The smallest absolute Gasteiger partial charge is 0.192 e. The highest BCUT2D eigenvalue weighted by Crippen LogP contribution is 2.34. The molecule has 7 heteroatoms. The minimum absolute atomic E-state index is 0.124. The number of fused-ring (bicyclic) bond motifs is 1. The van der Waals surface area contributed by atoms with E-state index in [1.165, 1.54) is 0 Å². The molecule has 3 heterocycles. The average Bonchev–Trinajstić information content (AvgIpc) is 3.25. The van der Waals surface area contributed by atoms with E-state index in [1.54, 1.807) is 25.3 Å². The summed E-state index contributed by atoms with van der Waals surface area (Å²) in [5.74, 6) is 0.691. The molecule has 0 spiro atoms. The number of phenolic OH excluding ortho intramolecular Hbond substituents is 1. The largest absolute Gasteiger partial charge is 0.507 e. The summed E-state index contributed by atoms with van der Waals surface area (Å²) in [5, 5.41) is 18.9. The molecule has 0 saturated carbocycles. The van der Waals surface area contributed by atoms with Crippen molar-refractivity contribution in [2.24, 2.45) is 0 Å². The van der Waals surface area contributed by atoms with E-state index in [4.69, 9.17) is 4.42 Å². The van der Waals surface area contributed by atoms with Crippen molar-refractivity contribution < 1.29 is 9.52 Å². The van der Waals surface area contributed by atoms with Crippen LogP contribution in [0.2, 0.25) is 0 Å². The van der Waals surface area contributed by atoms with Gasteiger partial charge in [0.2, 0.25) is 0 Å². The molecule has 28 heavy (non-hydrogen) atoms. The summed E-state index contributed by atoms with van der Waals surface area (Å²) in [6.07, 6.45) is 2.90. The van der Waals surface area contributed by atoms with Gasteiger partial charge in [-0.2, -0.15) is 10.2 Å². The number of nitrogens with zero attached hydrogens (tertiary/aromatic N) is 5. The SMILES string of the molecule is Cc1nc2cc(O)c(-c3cc(N4CC[C@@H](N(C)C(C)(C)C)C4)cnn3)cc2o1. The number of hydrogen-bond acceptors (Lipinski definition) is 7. The van der Waals surface area contributed by atoms with Crippen molar-refractivity contribution in [1.82, 2.24) is 20.1 Å². The number of likely N-dealkylation sites (N-methyl/N-ethyl adjacent to an activating group) is 1. The Bertz CT molecular complexity index is 1010. The highest BCUT2D eigenvalue weighted by Gasteiger charge is 2.31. The number of oxazole rings is 1. The van der Waals surface area contributed by atoms with Crippen LogP contribution in [0.3, 0.4) is 0 Å². The Labute approximate surface area is 165 Å². The Hall–Kier alpha value is -2.67. The van der Waals surface area contributed by atoms with Gasteiger partial charge >= 0.3 is 0 Å². The first-order valence-electron chi connectivity index (χ1n) is 9.63. The van der Waals surface area contributed by atoms with Crippen molar-refractivity contribution in [3.8, 4) is 17.0 Å². The monoisotopic (exact) mass is 381 g/mol. The van der Waals surface area contributed by atoms with Crippen LogP contribution in [-0.4, -0.2) is 56.9 Å². The molecular weight excluding hydrogens is 354 g/mol. The molecule has 1 atom stereocenters. The zero-order valence-corrected chi connectivity index (χ0v) is 17.1. The van der Waals surface area contributed by atoms with Gasteiger partial charge in [-0.3, -0.25) is 4.90 Å². The minimum Gasteiger partial charge on any atom is -0.507 e. The second-order valence-corrected chi connectivity index (χ2v) is 8.54. The molecule has 1 saturated heterocycles. The van der Waals surface area contributed by atoms with Gasteiger partial charge in [-0.25, -0.2) is 4.98 Å². The van der Waals surface area contributed by atoms with Crippen LogP contribution < -0.4 is 4.90 Å². The summed E-state index contributed by atoms with van der Waals surface area (Å²) in [7, 11) is 2.19. The minimum atomic E-state index is 0.124. The van der Waals surface area contributed by atoms with Crippen LogP contribution >= 0.6 is 0 Å². The van der Waals surface area contributed by atoms with E-state index in [9.17, 15) is 5.11 Å². The van der Waals surface area contributed by atoms with Crippen molar-refractivity contribution in [3.63, 3.8) is 0 Å². The number of hydrogen-bond donors (Lipinski definition) is 1. The number of anilines is 1. The molecule has 1 aliphatic rings. The first-order valence-corrected chi connectivity index (χ1v) is 9.63. The molecule has 3 aromatic rings. The number of phenols is 1. The molecule has 0 radical (unpaired) electrons. The fraction of sp³-hybridized carbons (Fsp3) is 0.476. The van der Waals surface area contributed by atoms with E-state index in [1.807, 2.05) is 6.07 Å². The van der Waals surface area contributed by atoms with E-state index < -0.39 is 0 Å². The Morgan fingerprint density at radius 1 is 1.25 bits per heavy atom. The predicted octanol–water partition coefficient (Wildman–Crippen LogP) is 3.61. The van der Waals surface area contributed by atoms with Crippen molar-refractivity contribution >= 4 is 16.8 Å². The number of aryl methyl sites for hydroxylation is 1. The lowest BCUT2D eigenvalue weighted by molar-refractivity contribution is 0.127. The van der Waals surface area contributed by atoms with E-state index >= 15 is 0 Å². The molecule has 1 N–H and O–H groups in total. The molecule has 2 aromatic heterocycles. The van der Waals surface area contributed by atoms with Crippen molar-refractivity contribution in [1.29, 1.82) is 0 Å². The molecule has 7 nitrogen and oxygen atoms in total. The van der Waals surface area contributed by atoms with Crippen LogP contribution in [0.5, 0.6) is 5.75 Å². The lowest BCUT2D eigenvalue weighted by Gasteiger charge is -2.37. The summed E-state index contributed by atoms with van der Waals surface area (Å²) >= 11 is 0. The Balaban J connectivity index is 1.61. The van der Waals surface area contributed by atoms with Gasteiger partial charge in [0.05, 0.1) is 17.6 Å². The Morgan fingerprint density at radius 3 is 2.79 bits per heavy atom. The summed E-state index contributed by atoms with van der Waals surface area (Å²) in [6.45, 7) is 10.4. The van der Waals surface area contributed by atoms with Gasteiger partial charge in [-0.05, 0) is 46.4 Å². The third-order valence-electron chi connectivity index (χ3n) is 5.66. The second kappa shape index (κ2) is 6.74. The van der Waals surface area contributed by atoms with Crippen LogP contribution in [0.4, 0.5) is 5.69 Å². The molecule has 0 bridgehead atoms. The summed E-state index contributed by atoms with van der Waals surface area (Å²) in [5.41, 5.74) is 3.64. The van der Waals surface area contributed by atoms with Gasteiger partial charge < -0.3 is 14.4 Å². The highest BCUT2D eigenvalue weighted by molar-refractivity contribution is 5.84. The first-order chi connectivity index (χ1) is 13.2. The standard InChI is InChI=1S/C21H27N5O2/c1-13-23-18-10-19(27)16(9-20(18)28-13)17-8-15(11-22-24-17)26-7-6-14(12-26)25(5)21(2,3)4/h8-11,14,27H,6-7,12H2,1-5H3/t14-/m1/s1. The summed E-state index contributed by atoms with van der Waals surface area (Å²) < 4.78 is 5.60. The zero-order chi connectivity index (χ0) is 20.1. The molecule has 0 amide bonds. The average molecular weight is 381 g/mol. The fourth-order valence-electron chi connectivity index (χ4n) is 3.78. The van der Waals surface area contributed by atoms with Gasteiger partial charge in [0.25, 0.3) is 0 Å². The lowest BCUT2D eigenvalue weighted by Crippen LogP contribution is -2.46. The molecule has 1 aromatic carbocycles. The predicted molar refractivity (Wildman–Crippen MR) is 110 cm³/mol. The first kappa shape index (κ1) is 18.7. The van der Waals surface area contributed by atoms with Crippen LogP contribution in [0.1, 0.15) is 33.1 Å². The van der Waals surface area contributed by atoms with Crippen LogP contribution in [0, 0.1) is 6.92 Å². The van der Waals surface area contributed by atoms with Crippen LogP contribution in [0.25, 0.3) is 22.4 Å². The summed E-state index contributed by atoms with van der Waals surface area (Å²) in [6, 6.07) is 5.87. The molecule has 0 aliphatic carbocycles. The number of aromatic nitrogens is 3. The third kappa shape index (κ3) is 3.42. The number of benzene rings is 1. The van der Waals surface area contributed by atoms with Gasteiger partial charge in [0, 0.05) is 43.2 Å². The quantitative estimate of drug-likeness (QED) is 0.742. The zero-order valence-electron chi connectivity index (χ0n) is 17.1. The van der Waals surface area contributed by atoms with Gasteiger partial charge in [0.15, 0.2) is 11.5 Å². The van der Waals surface area contributed by atoms with E-state index in [-0.39, 0.29) is 11.3 Å². The topological polar surface area (TPSA) is 78.5 Å². The fourth-order valence-corrected chi connectivity index (χ4v) is 3.78. The van der Waals surface area contributed by atoms with Crippen molar-refractivity contribution in [3.05, 3.63) is 30.3 Å². The highest BCUT2D eigenvalue weighted by atomic mass is 16.3. The maximum atomic E-state index is 10.5. The lowest BCUT2D eigenvalue weighted by atomic mass is 10.0. The van der Waals surface area contributed by atoms with E-state index in [0.29, 0.717) is 34.3 Å². The summed E-state index contributed by atoms with van der Waals surface area (Å²) in [4.78, 5) is 9.03. The van der Waals surface area contributed by atoms with Crippen molar-refractivity contribution in [2.75, 3.05) is 25.0 Å². The molecule has 4 rings (SSSR count). The van der Waals surface area contributed by atoms with Gasteiger partial charge in [-0.15, -0.1) is 0 Å². The maximum Gasteiger partial charge on any atom is 0.192 e. The van der Waals surface area contributed by atoms with E-state index in [0.717, 1.165) is 25.2 Å². The number of rotatable bonds is 3. The molecule has 1 fully saturated rings. The number of aromatic hydroxyl groups is 1. The molecule has 0 unspecified atom stereocenters.